The molecule has 0 radical (unpaired) electrons. The van der Waals surface area contributed by atoms with Gasteiger partial charge in [0.15, 0.2) is 0 Å². The van der Waals surface area contributed by atoms with E-state index in [1.807, 2.05) is 0 Å². The number of nitrogens with one attached hydrogen (secondary N) is 1. The van der Waals surface area contributed by atoms with Crippen molar-refractivity contribution in [3.05, 3.63) is 34.4 Å². The lowest BCUT2D eigenvalue weighted by atomic mass is 10.1. The van der Waals surface area contributed by atoms with Crippen LogP contribution in [0.5, 0.6) is 0 Å². The number of carbonyl (C=O) groups is 1. The maximum Gasteiger partial charge on any atom is 0.256 e. The Bertz CT molecular complexity index is 552. The largest absolute Gasteiger partial charge is 0.337 e. The molecule has 1 N–H and O–H groups in total. The number of carbonyl (C=O) groups excluding carboxylic acids is 1. The van der Waals surface area contributed by atoms with Crippen LogP contribution in [0.4, 0.5) is 8.78 Å². The molecule has 20 heavy (non-hydrogen) atoms. The molecule has 3 nitrogen and oxygen atoms in total. The molecule has 2 unspecified atom stereocenters. The molecule has 0 spiro atoms. The molecule has 3 rings (SSSR count). The van der Waals surface area contributed by atoms with Crippen molar-refractivity contribution in [2.75, 3.05) is 13.1 Å². The molecule has 2 bridgehead atoms. The maximum atomic E-state index is 13.8. The first-order valence-electron chi connectivity index (χ1n) is 6.74. The van der Waals surface area contributed by atoms with E-state index in [2.05, 4.69) is 5.32 Å². The summed E-state index contributed by atoms with van der Waals surface area (Å²) in [5.41, 5.74) is -0.246. The minimum atomic E-state index is -0.774. The number of likely N-dealkylation sites (tertiary alicyclic amines) is 1. The van der Waals surface area contributed by atoms with Crippen LogP contribution in [0.1, 0.15) is 29.6 Å². The van der Waals surface area contributed by atoms with Gasteiger partial charge in [-0.15, -0.1) is 0 Å². The Morgan fingerprint density at radius 2 is 1.95 bits per heavy atom. The zero-order valence-electron chi connectivity index (χ0n) is 10.8. The minimum Gasteiger partial charge on any atom is -0.337 e. The van der Waals surface area contributed by atoms with Gasteiger partial charge in [0.1, 0.15) is 11.6 Å². The number of amides is 1. The van der Waals surface area contributed by atoms with Gasteiger partial charge in [0, 0.05) is 25.2 Å². The molecule has 1 aromatic rings. The number of hydrogen-bond donors (Lipinski definition) is 1. The van der Waals surface area contributed by atoms with Gasteiger partial charge in [-0.3, -0.25) is 4.79 Å². The molecule has 2 heterocycles. The second kappa shape index (κ2) is 5.30. The number of hydrogen-bond acceptors (Lipinski definition) is 2. The Kier molecular flexibility index (Phi) is 3.65. The summed E-state index contributed by atoms with van der Waals surface area (Å²) in [5, 5.41) is 3.13. The zero-order valence-corrected chi connectivity index (χ0v) is 11.6. The summed E-state index contributed by atoms with van der Waals surface area (Å²) in [4.78, 5) is 14.0. The number of benzene rings is 1. The fourth-order valence-corrected chi connectivity index (χ4v) is 3.13. The van der Waals surface area contributed by atoms with Crippen molar-refractivity contribution in [1.82, 2.24) is 10.2 Å². The summed E-state index contributed by atoms with van der Waals surface area (Å²) in [7, 11) is 0. The lowest BCUT2D eigenvalue weighted by Crippen LogP contribution is -2.39. The minimum absolute atomic E-state index is 0.246. The molecule has 1 amide bonds. The van der Waals surface area contributed by atoms with E-state index >= 15 is 0 Å². The lowest BCUT2D eigenvalue weighted by molar-refractivity contribution is 0.0743. The van der Waals surface area contributed by atoms with Crippen molar-refractivity contribution in [3.63, 3.8) is 0 Å². The molecular formula is C14H15ClF2N2O. The first kappa shape index (κ1) is 13.8. The Labute approximate surface area is 120 Å². The molecule has 2 atom stereocenters. The topological polar surface area (TPSA) is 32.3 Å². The predicted octanol–water partition coefficient (Wildman–Crippen LogP) is 2.58. The van der Waals surface area contributed by atoms with Gasteiger partial charge in [-0.1, -0.05) is 11.6 Å². The number of nitrogens with zero attached hydrogens (tertiary/aromatic N) is 1. The van der Waals surface area contributed by atoms with E-state index < -0.39 is 17.5 Å². The highest BCUT2D eigenvalue weighted by Crippen LogP contribution is 2.24. The maximum absolute atomic E-state index is 13.8. The van der Waals surface area contributed by atoms with Gasteiger partial charge in [0.25, 0.3) is 5.91 Å². The lowest BCUT2D eigenvalue weighted by Gasteiger charge is -2.24. The van der Waals surface area contributed by atoms with Crippen LogP contribution in [0.15, 0.2) is 12.1 Å². The van der Waals surface area contributed by atoms with Crippen molar-refractivity contribution in [3.8, 4) is 0 Å². The third-order valence-corrected chi connectivity index (χ3v) is 4.34. The van der Waals surface area contributed by atoms with Crippen LogP contribution in [0.3, 0.4) is 0 Å². The summed E-state index contributed by atoms with van der Waals surface area (Å²) in [6.07, 6.45) is 2.99. The van der Waals surface area contributed by atoms with Crippen molar-refractivity contribution in [2.24, 2.45) is 0 Å². The Morgan fingerprint density at radius 1 is 1.20 bits per heavy atom. The van der Waals surface area contributed by atoms with Crippen molar-refractivity contribution >= 4 is 17.5 Å². The van der Waals surface area contributed by atoms with E-state index in [9.17, 15) is 13.6 Å². The van der Waals surface area contributed by atoms with Crippen LogP contribution < -0.4 is 5.32 Å². The molecule has 0 saturated carbocycles. The number of fused-ring (bicyclic) bond motifs is 2. The van der Waals surface area contributed by atoms with E-state index in [4.69, 9.17) is 11.6 Å². The molecule has 0 aromatic heterocycles. The van der Waals surface area contributed by atoms with Crippen LogP contribution in [-0.4, -0.2) is 36.0 Å². The third kappa shape index (κ3) is 2.52. The highest BCUT2D eigenvalue weighted by Gasteiger charge is 2.32. The Morgan fingerprint density at radius 3 is 2.75 bits per heavy atom. The van der Waals surface area contributed by atoms with Gasteiger partial charge in [-0.05, 0) is 31.4 Å². The van der Waals surface area contributed by atoms with Gasteiger partial charge in [-0.25, -0.2) is 8.78 Å². The van der Waals surface area contributed by atoms with Crippen LogP contribution >= 0.6 is 11.6 Å². The van der Waals surface area contributed by atoms with Gasteiger partial charge in [0.2, 0.25) is 0 Å². The van der Waals surface area contributed by atoms with E-state index in [-0.39, 0.29) is 16.6 Å². The fourth-order valence-electron chi connectivity index (χ4n) is 2.98. The molecule has 108 valence electrons. The molecule has 6 heteroatoms. The van der Waals surface area contributed by atoms with Gasteiger partial charge in [-0.2, -0.15) is 0 Å². The summed E-state index contributed by atoms with van der Waals surface area (Å²) in [6, 6.07) is 2.43. The Hall–Kier alpha value is -1.20. The quantitative estimate of drug-likeness (QED) is 0.809. The predicted molar refractivity (Wildman–Crippen MR) is 71.8 cm³/mol. The Balaban J connectivity index is 1.83. The molecule has 2 aliphatic rings. The first-order valence-corrected chi connectivity index (χ1v) is 7.12. The normalized spacial score (nSPS) is 25.6. The van der Waals surface area contributed by atoms with Gasteiger partial charge < -0.3 is 10.2 Å². The fraction of sp³-hybridized carbons (Fsp3) is 0.500. The molecule has 0 aliphatic carbocycles. The summed E-state index contributed by atoms with van der Waals surface area (Å²) in [6.45, 7) is 1.11. The molecule has 2 aliphatic heterocycles. The summed E-state index contributed by atoms with van der Waals surface area (Å²) >= 11 is 5.50. The second-order valence-electron chi connectivity index (χ2n) is 5.42. The average Bonchev–Trinajstić information content (AvgIpc) is 2.73. The smallest absolute Gasteiger partial charge is 0.256 e. The summed E-state index contributed by atoms with van der Waals surface area (Å²) < 4.78 is 27.2. The van der Waals surface area contributed by atoms with Crippen LogP contribution in [0.25, 0.3) is 0 Å². The van der Waals surface area contributed by atoms with Gasteiger partial charge in [0.05, 0.1) is 10.6 Å². The standard InChI is InChI=1S/C14H15ClF2N2O/c15-11-6-12(16)10(5-13(11)17)14(20)19-4-3-8-1-2-9(7-19)18-8/h5-6,8-9,18H,1-4,7H2. The number of rotatable bonds is 1. The van der Waals surface area contributed by atoms with Crippen molar-refractivity contribution < 1.29 is 13.6 Å². The highest BCUT2D eigenvalue weighted by atomic mass is 35.5. The van der Waals surface area contributed by atoms with E-state index in [1.165, 1.54) is 0 Å². The monoisotopic (exact) mass is 300 g/mol. The van der Waals surface area contributed by atoms with E-state index in [1.54, 1.807) is 4.90 Å². The van der Waals surface area contributed by atoms with Gasteiger partial charge >= 0.3 is 0 Å². The second-order valence-corrected chi connectivity index (χ2v) is 5.83. The highest BCUT2D eigenvalue weighted by molar-refractivity contribution is 6.30. The van der Waals surface area contributed by atoms with Crippen LogP contribution in [-0.2, 0) is 0 Å². The van der Waals surface area contributed by atoms with E-state index in [0.717, 1.165) is 31.4 Å². The van der Waals surface area contributed by atoms with Crippen molar-refractivity contribution in [2.45, 2.75) is 31.3 Å². The van der Waals surface area contributed by atoms with E-state index in [0.29, 0.717) is 19.1 Å². The number of halogens is 3. The molecule has 2 fully saturated rings. The molecule has 2 saturated heterocycles. The SMILES string of the molecule is O=C(c1cc(F)c(Cl)cc1F)N1CCC2CCC(C1)N2. The first-order chi connectivity index (χ1) is 9.54. The third-order valence-electron chi connectivity index (χ3n) is 4.05. The molecule has 1 aromatic carbocycles. The van der Waals surface area contributed by atoms with Crippen LogP contribution in [0.2, 0.25) is 5.02 Å². The zero-order chi connectivity index (χ0) is 14.3. The summed E-state index contributed by atoms with van der Waals surface area (Å²) in [5.74, 6) is -2.01. The molecular weight excluding hydrogens is 286 g/mol. The van der Waals surface area contributed by atoms with Crippen LogP contribution in [0, 0.1) is 11.6 Å². The van der Waals surface area contributed by atoms with Crippen molar-refractivity contribution in [1.29, 1.82) is 0 Å². The average molecular weight is 301 g/mol.